The van der Waals surface area contributed by atoms with Crippen LogP contribution in [0.2, 0.25) is 0 Å². The van der Waals surface area contributed by atoms with Crippen molar-refractivity contribution in [2.75, 3.05) is 5.32 Å². The molecule has 1 heterocycles. The molecule has 1 aliphatic heterocycles. The van der Waals surface area contributed by atoms with Gasteiger partial charge in [-0.05, 0) is 44.0 Å². The van der Waals surface area contributed by atoms with Gasteiger partial charge in [-0.15, -0.1) is 0 Å². The number of carbonyl (C=O) groups excluding carboxylic acids is 2. The highest BCUT2D eigenvalue weighted by molar-refractivity contribution is 9.13. The molecule has 0 bridgehead atoms. The predicted molar refractivity (Wildman–Crippen MR) is 57.3 cm³/mol. The summed E-state index contributed by atoms with van der Waals surface area (Å²) in [7, 11) is 0. The third-order valence-corrected chi connectivity index (χ3v) is 3.72. The van der Waals surface area contributed by atoms with E-state index >= 15 is 0 Å². The molecular formula is C8H3Br2N2O2. The molecule has 1 aromatic rings. The van der Waals surface area contributed by atoms with Gasteiger partial charge in [-0.2, -0.15) is 0 Å². The number of anilines is 1. The molecule has 1 N–H and O–H groups in total. The van der Waals surface area contributed by atoms with Gasteiger partial charge in [-0.25, -0.2) is 5.32 Å². The summed E-state index contributed by atoms with van der Waals surface area (Å²) in [5.74, 6) is -1.48. The minimum atomic E-state index is -0.781. The Hall–Kier alpha value is -0.880. The van der Waals surface area contributed by atoms with Crippen molar-refractivity contribution in [2.24, 2.45) is 0 Å². The maximum absolute atomic E-state index is 11.0. The molecule has 0 aliphatic carbocycles. The van der Waals surface area contributed by atoms with Crippen LogP contribution >= 0.6 is 31.9 Å². The Morgan fingerprint density at radius 1 is 1.21 bits per heavy atom. The molecule has 71 valence electrons. The Bertz CT molecular complexity index is 445. The lowest BCUT2D eigenvalue weighted by Crippen LogP contribution is -2.33. The van der Waals surface area contributed by atoms with Crippen molar-refractivity contribution in [3.8, 4) is 0 Å². The van der Waals surface area contributed by atoms with Crippen molar-refractivity contribution >= 4 is 55.0 Å². The quantitative estimate of drug-likeness (QED) is 0.743. The van der Waals surface area contributed by atoms with E-state index in [1.54, 1.807) is 12.1 Å². The second-order valence-electron chi connectivity index (χ2n) is 2.63. The van der Waals surface area contributed by atoms with Crippen LogP contribution in [0.5, 0.6) is 0 Å². The first-order valence-corrected chi connectivity index (χ1v) is 5.23. The number of amides is 2. The minimum Gasteiger partial charge on any atom is -0.316 e. The highest BCUT2D eigenvalue weighted by atomic mass is 79.9. The van der Waals surface area contributed by atoms with Crippen LogP contribution in [0.4, 0.5) is 11.4 Å². The second-order valence-corrected chi connectivity index (χ2v) is 4.28. The van der Waals surface area contributed by atoms with Gasteiger partial charge in [0.05, 0.1) is 10.2 Å². The zero-order valence-electron chi connectivity index (χ0n) is 6.67. The number of rotatable bonds is 0. The fourth-order valence-corrected chi connectivity index (χ4v) is 1.83. The van der Waals surface area contributed by atoms with Crippen LogP contribution in [-0.2, 0) is 9.59 Å². The molecule has 0 aromatic heterocycles. The van der Waals surface area contributed by atoms with Gasteiger partial charge in [0.1, 0.15) is 5.69 Å². The molecule has 0 unspecified atom stereocenters. The van der Waals surface area contributed by atoms with E-state index in [0.717, 1.165) is 4.47 Å². The second kappa shape index (κ2) is 3.36. The molecule has 1 aromatic carbocycles. The zero-order chi connectivity index (χ0) is 10.3. The van der Waals surface area contributed by atoms with Crippen molar-refractivity contribution < 1.29 is 9.59 Å². The third-order valence-electron chi connectivity index (χ3n) is 1.72. The summed E-state index contributed by atoms with van der Waals surface area (Å²) >= 11 is 6.55. The number of benzene rings is 1. The number of nitrogens with zero attached hydrogens (tertiary/aromatic N) is 1. The maximum Gasteiger partial charge on any atom is 0.335 e. The van der Waals surface area contributed by atoms with Crippen molar-refractivity contribution in [2.45, 2.75) is 0 Å². The first-order chi connectivity index (χ1) is 6.59. The number of hydrogen-bond acceptors (Lipinski definition) is 2. The smallest absolute Gasteiger partial charge is 0.316 e. The number of hydrogen-bond donors (Lipinski definition) is 1. The van der Waals surface area contributed by atoms with Crippen LogP contribution in [0.3, 0.4) is 0 Å². The van der Waals surface area contributed by atoms with Gasteiger partial charge in [-0.3, -0.25) is 9.59 Å². The lowest BCUT2D eigenvalue weighted by Gasteiger charge is -2.16. The van der Waals surface area contributed by atoms with E-state index in [-0.39, 0.29) is 0 Å². The molecule has 14 heavy (non-hydrogen) atoms. The highest BCUT2D eigenvalue weighted by Gasteiger charge is 2.26. The molecule has 6 heteroatoms. The first-order valence-electron chi connectivity index (χ1n) is 3.64. The van der Waals surface area contributed by atoms with Gasteiger partial charge < -0.3 is 5.32 Å². The van der Waals surface area contributed by atoms with Crippen LogP contribution in [-0.4, -0.2) is 11.8 Å². The summed E-state index contributed by atoms with van der Waals surface area (Å²) in [4.78, 5) is 22.0. The average Bonchev–Trinajstić information content (AvgIpc) is 2.15. The van der Waals surface area contributed by atoms with E-state index in [1.165, 1.54) is 0 Å². The predicted octanol–water partition coefficient (Wildman–Crippen LogP) is 1.93. The summed E-state index contributed by atoms with van der Waals surface area (Å²) in [5.41, 5.74) is 0.980. The fraction of sp³-hybridized carbons (Fsp3) is 0. The fourth-order valence-electron chi connectivity index (χ4n) is 1.08. The summed E-state index contributed by atoms with van der Waals surface area (Å²) in [6.45, 7) is 0. The van der Waals surface area contributed by atoms with Gasteiger partial charge in [0.15, 0.2) is 0 Å². The lowest BCUT2D eigenvalue weighted by atomic mass is 10.2. The van der Waals surface area contributed by atoms with Crippen molar-refractivity contribution in [3.05, 3.63) is 21.1 Å². The van der Waals surface area contributed by atoms with Crippen LogP contribution in [0, 0.1) is 0 Å². The van der Waals surface area contributed by atoms with Crippen molar-refractivity contribution in [1.29, 1.82) is 0 Å². The van der Waals surface area contributed by atoms with Gasteiger partial charge in [-0.1, -0.05) is 0 Å². The monoisotopic (exact) mass is 317 g/mol. The average molecular weight is 319 g/mol. The molecule has 4 nitrogen and oxygen atoms in total. The molecular weight excluding hydrogens is 316 g/mol. The normalized spacial score (nSPS) is 14.4. The first kappa shape index (κ1) is 9.67. The molecule has 0 spiro atoms. The Labute approximate surface area is 96.3 Å². The molecule has 0 fully saturated rings. The van der Waals surface area contributed by atoms with Gasteiger partial charge >= 0.3 is 11.8 Å². The molecule has 2 rings (SSSR count). The van der Waals surface area contributed by atoms with Crippen LogP contribution in [0.25, 0.3) is 0 Å². The van der Waals surface area contributed by atoms with E-state index < -0.39 is 11.8 Å². The van der Waals surface area contributed by atoms with Crippen LogP contribution < -0.4 is 10.6 Å². The summed E-state index contributed by atoms with van der Waals surface area (Å²) < 4.78 is 1.44. The Balaban J connectivity index is 2.58. The molecule has 0 atom stereocenters. The molecule has 0 saturated carbocycles. The van der Waals surface area contributed by atoms with Crippen molar-refractivity contribution in [3.63, 3.8) is 0 Å². The SMILES string of the molecule is O=C1[N]c2c(ccc(Br)c2Br)NC1=O. The molecule has 0 saturated heterocycles. The van der Waals surface area contributed by atoms with E-state index in [9.17, 15) is 9.59 Å². The van der Waals surface area contributed by atoms with Gasteiger partial charge in [0.25, 0.3) is 0 Å². The summed E-state index contributed by atoms with van der Waals surface area (Å²) in [6.07, 6.45) is 0. The molecule has 2 amide bonds. The van der Waals surface area contributed by atoms with E-state index in [0.29, 0.717) is 15.8 Å². The van der Waals surface area contributed by atoms with Crippen LogP contribution in [0.1, 0.15) is 0 Å². The zero-order valence-corrected chi connectivity index (χ0v) is 9.85. The van der Waals surface area contributed by atoms with E-state index in [2.05, 4.69) is 42.5 Å². The summed E-state index contributed by atoms with van der Waals surface area (Å²) in [6, 6.07) is 3.44. The maximum atomic E-state index is 11.0. The van der Waals surface area contributed by atoms with Gasteiger partial charge in [0.2, 0.25) is 0 Å². The number of halogens is 2. The summed E-state index contributed by atoms with van der Waals surface area (Å²) in [5, 5.41) is 6.10. The van der Waals surface area contributed by atoms with E-state index in [4.69, 9.17) is 0 Å². The number of nitrogens with one attached hydrogen (secondary N) is 1. The number of fused-ring (bicyclic) bond motifs is 1. The molecule has 1 aliphatic rings. The third kappa shape index (κ3) is 1.44. The largest absolute Gasteiger partial charge is 0.335 e. The lowest BCUT2D eigenvalue weighted by molar-refractivity contribution is -0.135. The van der Waals surface area contributed by atoms with Crippen LogP contribution in [0.15, 0.2) is 21.1 Å². The standard InChI is InChI=1S/C8H3Br2N2O2/c9-3-1-2-4-6(5(3)10)12-8(14)7(13)11-4/h1-2H,(H,11,13). The topological polar surface area (TPSA) is 60.3 Å². The van der Waals surface area contributed by atoms with E-state index in [1.807, 2.05) is 0 Å². The minimum absolute atomic E-state index is 0.448. The number of carbonyl (C=O) groups is 2. The van der Waals surface area contributed by atoms with Crippen molar-refractivity contribution in [1.82, 2.24) is 5.32 Å². The Kier molecular flexibility index (Phi) is 2.32. The Morgan fingerprint density at radius 2 is 1.93 bits per heavy atom. The Morgan fingerprint density at radius 3 is 2.64 bits per heavy atom. The van der Waals surface area contributed by atoms with Gasteiger partial charge in [0, 0.05) is 4.47 Å². The molecule has 1 radical (unpaired) electrons. The highest BCUT2D eigenvalue weighted by Crippen LogP contribution is 2.38.